The smallest absolute Gasteiger partial charge is 0.182 e. The molecule has 0 bridgehead atoms. The summed E-state index contributed by atoms with van der Waals surface area (Å²) >= 11 is 12.6. The summed E-state index contributed by atoms with van der Waals surface area (Å²) in [6, 6.07) is 27.8. The quantitative estimate of drug-likeness (QED) is 0.205. The predicted octanol–water partition coefficient (Wildman–Crippen LogP) is 8.16. The predicted molar refractivity (Wildman–Crippen MR) is 179 cm³/mol. The van der Waals surface area contributed by atoms with Gasteiger partial charge >= 0.3 is 0 Å². The average molecular weight is 682 g/mol. The van der Waals surface area contributed by atoms with Crippen LogP contribution in [-0.4, -0.2) is 33.1 Å². The first-order valence-corrected chi connectivity index (χ1v) is 18.9. The summed E-state index contributed by atoms with van der Waals surface area (Å²) in [5.74, 6) is -2.67. The summed E-state index contributed by atoms with van der Waals surface area (Å²) in [4.78, 5) is 14.5. The minimum absolute atomic E-state index is 0.0139. The van der Waals surface area contributed by atoms with Crippen molar-refractivity contribution in [3.8, 4) is 0 Å². The molecule has 45 heavy (non-hydrogen) atoms. The lowest BCUT2D eigenvalue weighted by molar-refractivity contribution is -0.128. The molecule has 0 amide bonds. The number of ketones is 1. The van der Waals surface area contributed by atoms with Gasteiger partial charge in [0.05, 0.1) is 20.3 Å². The van der Waals surface area contributed by atoms with Crippen LogP contribution in [0.3, 0.4) is 0 Å². The first kappa shape index (κ1) is 32.0. The van der Waals surface area contributed by atoms with Crippen LogP contribution in [-0.2, 0) is 24.5 Å². The van der Waals surface area contributed by atoms with Gasteiger partial charge in [0.25, 0.3) is 0 Å². The molecular formula is C36H34Cl2O5S2. The SMILES string of the molecule is Cc1ccc(S(=O)(=O)C2C(c3cccc(Cl)c3)CC(=O)[C@@H]3CC(S(=O)(=O)c4ccccc4C)C(c4ccc(Cl)cc4)C[C@H]23)cc1. The zero-order valence-electron chi connectivity index (χ0n) is 24.9. The van der Waals surface area contributed by atoms with Crippen molar-refractivity contribution in [1.82, 2.24) is 0 Å². The van der Waals surface area contributed by atoms with Gasteiger partial charge in [-0.15, -0.1) is 0 Å². The molecule has 5 nitrogen and oxygen atoms in total. The van der Waals surface area contributed by atoms with Gasteiger partial charge in [0.2, 0.25) is 0 Å². The van der Waals surface area contributed by atoms with Crippen molar-refractivity contribution >= 4 is 48.7 Å². The van der Waals surface area contributed by atoms with Gasteiger partial charge < -0.3 is 0 Å². The van der Waals surface area contributed by atoms with Crippen LogP contribution in [0.5, 0.6) is 0 Å². The fourth-order valence-corrected chi connectivity index (χ4v) is 12.4. The number of carbonyl (C=O) groups excluding carboxylic acids is 1. The highest BCUT2D eigenvalue weighted by Gasteiger charge is 2.56. The molecule has 0 spiro atoms. The number of rotatable bonds is 6. The first-order chi connectivity index (χ1) is 21.4. The molecule has 4 unspecified atom stereocenters. The van der Waals surface area contributed by atoms with Crippen LogP contribution >= 0.6 is 23.2 Å². The van der Waals surface area contributed by atoms with Gasteiger partial charge in [0, 0.05) is 34.2 Å². The molecule has 0 N–H and O–H groups in total. The Kier molecular flexibility index (Phi) is 8.76. The molecule has 0 radical (unpaired) electrons. The van der Waals surface area contributed by atoms with E-state index < -0.39 is 53.8 Å². The Morgan fingerprint density at radius 1 is 0.644 bits per heavy atom. The van der Waals surface area contributed by atoms with E-state index in [0.29, 0.717) is 21.2 Å². The molecule has 6 atom stereocenters. The minimum atomic E-state index is -3.97. The van der Waals surface area contributed by atoms with Crippen LogP contribution in [0.15, 0.2) is 107 Å². The topological polar surface area (TPSA) is 85.3 Å². The van der Waals surface area contributed by atoms with Gasteiger partial charge in [-0.1, -0.05) is 83.4 Å². The second-order valence-electron chi connectivity index (χ2n) is 12.4. The van der Waals surface area contributed by atoms with Crippen molar-refractivity contribution < 1.29 is 21.6 Å². The number of hydrogen-bond donors (Lipinski definition) is 0. The van der Waals surface area contributed by atoms with E-state index in [1.165, 1.54) is 0 Å². The van der Waals surface area contributed by atoms with Crippen molar-refractivity contribution in [3.05, 3.63) is 129 Å². The van der Waals surface area contributed by atoms with Crippen molar-refractivity contribution in [2.45, 2.75) is 65.2 Å². The van der Waals surface area contributed by atoms with Crippen molar-refractivity contribution in [1.29, 1.82) is 0 Å². The Labute approximate surface area is 275 Å². The third kappa shape index (κ3) is 6.00. The maximum Gasteiger partial charge on any atom is 0.182 e. The summed E-state index contributed by atoms with van der Waals surface area (Å²) in [7, 11) is -7.88. The Morgan fingerprint density at radius 2 is 1.33 bits per heavy atom. The van der Waals surface area contributed by atoms with E-state index in [0.717, 1.165) is 11.1 Å². The molecule has 2 fully saturated rings. The van der Waals surface area contributed by atoms with E-state index in [1.54, 1.807) is 85.8 Å². The molecule has 0 aromatic heterocycles. The monoisotopic (exact) mass is 680 g/mol. The van der Waals surface area contributed by atoms with Gasteiger partial charge in [-0.3, -0.25) is 4.79 Å². The lowest BCUT2D eigenvalue weighted by atomic mass is 9.62. The number of fused-ring (bicyclic) bond motifs is 1. The second kappa shape index (κ2) is 12.3. The highest BCUT2D eigenvalue weighted by molar-refractivity contribution is 7.92. The molecular weight excluding hydrogens is 647 g/mol. The van der Waals surface area contributed by atoms with Crippen LogP contribution in [0.1, 0.15) is 53.4 Å². The number of hydrogen-bond acceptors (Lipinski definition) is 5. The Balaban J connectivity index is 1.52. The molecule has 2 saturated carbocycles. The number of halogens is 2. The van der Waals surface area contributed by atoms with Crippen molar-refractivity contribution in [2.75, 3.05) is 0 Å². The number of carbonyl (C=O) groups is 1. The molecule has 6 rings (SSSR count). The molecule has 4 aromatic carbocycles. The Bertz CT molecular complexity index is 1960. The third-order valence-electron chi connectivity index (χ3n) is 9.71. The number of benzene rings is 4. The Hall–Kier alpha value is -2.97. The van der Waals surface area contributed by atoms with Gasteiger partial charge in [-0.25, -0.2) is 16.8 Å². The molecule has 0 saturated heterocycles. The van der Waals surface area contributed by atoms with Crippen LogP contribution in [0.4, 0.5) is 0 Å². The lowest BCUT2D eigenvalue weighted by Crippen LogP contribution is -2.53. The van der Waals surface area contributed by atoms with Crippen LogP contribution in [0.2, 0.25) is 10.0 Å². The van der Waals surface area contributed by atoms with E-state index in [1.807, 2.05) is 25.1 Å². The van der Waals surface area contributed by atoms with Crippen molar-refractivity contribution in [2.24, 2.45) is 11.8 Å². The minimum Gasteiger partial charge on any atom is -0.299 e. The summed E-state index contributed by atoms with van der Waals surface area (Å²) in [5, 5.41) is -0.909. The molecule has 9 heteroatoms. The van der Waals surface area contributed by atoms with E-state index >= 15 is 0 Å². The van der Waals surface area contributed by atoms with E-state index in [2.05, 4.69) is 0 Å². The zero-order valence-corrected chi connectivity index (χ0v) is 28.1. The first-order valence-electron chi connectivity index (χ1n) is 15.0. The van der Waals surface area contributed by atoms with E-state index in [-0.39, 0.29) is 34.8 Å². The van der Waals surface area contributed by atoms with Gasteiger partial charge in [0.15, 0.2) is 19.7 Å². The van der Waals surface area contributed by atoms with Crippen LogP contribution < -0.4 is 0 Å². The maximum atomic E-state index is 14.7. The number of sulfone groups is 2. The zero-order chi connectivity index (χ0) is 32.1. The molecule has 4 aromatic rings. The average Bonchev–Trinajstić information content (AvgIpc) is 3.01. The van der Waals surface area contributed by atoms with Crippen LogP contribution in [0, 0.1) is 25.7 Å². The van der Waals surface area contributed by atoms with E-state index in [4.69, 9.17) is 23.2 Å². The van der Waals surface area contributed by atoms with Crippen molar-refractivity contribution in [3.63, 3.8) is 0 Å². The van der Waals surface area contributed by atoms with Gasteiger partial charge in [-0.05, 0) is 91.8 Å². The third-order valence-corrected chi connectivity index (χ3v) is 14.9. The van der Waals surface area contributed by atoms with E-state index in [9.17, 15) is 21.6 Å². The fraction of sp³-hybridized carbons (Fsp3) is 0.306. The van der Waals surface area contributed by atoms with Crippen LogP contribution in [0.25, 0.3) is 0 Å². The number of Topliss-reactive ketones (excluding diaryl/α,β-unsaturated/α-hetero) is 1. The molecule has 0 aliphatic heterocycles. The summed E-state index contributed by atoms with van der Waals surface area (Å²) in [6.07, 6.45) is 0.232. The van der Waals surface area contributed by atoms with Gasteiger partial charge in [-0.2, -0.15) is 0 Å². The normalized spacial score (nSPS) is 25.5. The summed E-state index contributed by atoms with van der Waals surface area (Å²) in [6.45, 7) is 3.66. The molecule has 2 aliphatic carbocycles. The molecule has 2 aliphatic rings. The highest BCUT2D eigenvalue weighted by atomic mass is 35.5. The molecule has 234 valence electrons. The number of aryl methyl sites for hydroxylation is 2. The fourth-order valence-electron chi connectivity index (χ4n) is 7.53. The summed E-state index contributed by atoms with van der Waals surface area (Å²) < 4.78 is 58.2. The summed E-state index contributed by atoms with van der Waals surface area (Å²) in [5.41, 5.74) is 3.00. The second-order valence-corrected chi connectivity index (χ2v) is 17.5. The van der Waals surface area contributed by atoms with Gasteiger partial charge in [0.1, 0.15) is 5.78 Å². The Morgan fingerprint density at radius 3 is 2.00 bits per heavy atom. The largest absolute Gasteiger partial charge is 0.299 e. The lowest BCUT2D eigenvalue weighted by Gasteiger charge is -2.48. The standard InChI is InChI=1S/C36H34Cl2O5S2/c1-22-10-16-28(17-11-22)44(40,41)36-30(25-7-5-8-27(38)18-25)20-33(39)31-21-35(45(42,43)34-9-4-3-6-23(34)2)29(19-32(31)36)24-12-14-26(37)15-13-24/h3-18,29-32,35-36H,19-21H2,1-2H3/t29?,30?,31-,32+,35?,36?/m1/s1. The molecule has 0 heterocycles. The highest BCUT2D eigenvalue weighted by Crippen LogP contribution is 2.54. The maximum absolute atomic E-state index is 14.7.